The molecule has 4 heteroatoms. The summed E-state index contributed by atoms with van der Waals surface area (Å²) in [4.78, 5) is 16.3. The molecule has 0 bridgehead atoms. The standard InChI is InChI=1S/C19H19NO3.CH4/c1-3-22-19(21)11-14-6-9-18-16(10-14)20-17(12-23-18)15-7-4-13(2)5-8-15;/h4-10H,3,11-12H2,1-2H3;1H4. The van der Waals surface area contributed by atoms with Gasteiger partial charge in [-0.15, -0.1) is 0 Å². The number of carbonyl (C=O) groups is 1. The van der Waals surface area contributed by atoms with Gasteiger partial charge in [0.1, 0.15) is 18.0 Å². The molecule has 2 aromatic rings. The highest BCUT2D eigenvalue weighted by Gasteiger charge is 2.16. The maximum Gasteiger partial charge on any atom is 0.310 e. The number of aliphatic imine (C=N–C) groups is 1. The van der Waals surface area contributed by atoms with Gasteiger partial charge in [0.15, 0.2) is 0 Å². The molecule has 0 spiro atoms. The number of hydrogen-bond acceptors (Lipinski definition) is 4. The lowest BCUT2D eigenvalue weighted by Crippen LogP contribution is -2.16. The number of esters is 1. The van der Waals surface area contributed by atoms with E-state index in [9.17, 15) is 4.79 Å². The zero-order valence-electron chi connectivity index (χ0n) is 13.3. The Morgan fingerprint density at radius 2 is 1.96 bits per heavy atom. The Hall–Kier alpha value is -2.62. The van der Waals surface area contributed by atoms with E-state index >= 15 is 0 Å². The highest BCUT2D eigenvalue weighted by molar-refractivity contribution is 6.04. The van der Waals surface area contributed by atoms with E-state index in [4.69, 9.17) is 14.5 Å². The number of hydrogen-bond donors (Lipinski definition) is 0. The zero-order chi connectivity index (χ0) is 16.2. The molecule has 24 heavy (non-hydrogen) atoms. The first-order valence-corrected chi connectivity index (χ1v) is 7.71. The van der Waals surface area contributed by atoms with Gasteiger partial charge in [-0.1, -0.05) is 43.3 Å². The highest BCUT2D eigenvalue weighted by Crippen LogP contribution is 2.32. The second kappa shape index (κ2) is 7.77. The van der Waals surface area contributed by atoms with E-state index in [1.807, 2.05) is 30.3 Å². The number of ether oxygens (including phenoxy) is 2. The first kappa shape index (κ1) is 17.7. The number of aryl methyl sites for hydroxylation is 1. The number of carbonyl (C=O) groups excluding carboxylic acids is 1. The fourth-order valence-corrected chi connectivity index (χ4v) is 2.48. The molecule has 4 nitrogen and oxygen atoms in total. The van der Waals surface area contributed by atoms with Crippen molar-refractivity contribution in [3.05, 3.63) is 59.2 Å². The van der Waals surface area contributed by atoms with Crippen molar-refractivity contribution in [1.82, 2.24) is 0 Å². The highest BCUT2D eigenvalue weighted by atomic mass is 16.5. The maximum absolute atomic E-state index is 11.6. The summed E-state index contributed by atoms with van der Waals surface area (Å²) < 4.78 is 10.8. The van der Waals surface area contributed by atoms with Crippen LogP contribution in [0.5, 0.6) is 5.75 Å². The van der Waals surface area contributed by atoms with Crippen LogP contribution in [0.4, 0.5) is 5.69 Å². The SMILES string of the molecule is C.CCOC(=O)Cc1ccc2c(c1)N=C(c1ccc(C)cc1)CO2. The Morgan fingerprint density at radius 1 is 1.21 bits per heavy atom. The van der Waals surface area contributed by atoms with Gasteiger partial charge in [0, 0.05) is 0 Å². The van der Waals surface area contributed by atoms with Gasteiger partial charge in [-0.3, -0.25) is 4.79 Å². The van der Waals surface area contributed by atoms with Crippen LogP contribution in [0.2, 0.25) is 0 Å². The van der Waals surface area contributed by atoms with Crippen molar-refractivity contribution in [1.29, 1.82) is 0 Å². The second-order valence-corrected chi connectivity index (χ2v) is 5.50. The molecule has 126 valence electrons. The van der Waals surface area contributed by atoms with Crippen molar-refractivity contribution in [2.75, 3.05) is 13.2 Å². The number of fused-ring (bicyclic) bond motifs is 1. The van der Waals surface area contributed by atoms with E-state index in [0.717, 1.165) is 28.3 Å². The molecule has 1 aliphatic rings. The van der Waals surface area contributed by atoms with Crippen molar-refractivity contribution in [3.8, 4) is 5.75 Å². The number of benzene rings is 2. The van der Waals surface area contributed by atoms with E-state index in [1.165, 1.54) is 5.56 Å². The summed E-state index contributed by atoms with van der Waals surface area (Å²) in [5, 5.41) is 0. The van der Waals surface area contributed by atoms with Crippen LogP contribution >= 0.6 is 0 Å². The minimum absolute atomic E-state index is 0. The van der Waals surface area contributed by atoms with Gasteiger partial charge in [0.25, 0.3) is 0 Å². The molecule has 0 aromatic heterocycles. The molecule has 0 atom stereocenters. The van der Waals surface area contributed by atoms with E-state index in [0.29, 0.717) is 13.2 Å². The monoisotopic (exact) mass is 325 g/mol. The van der Waals surface area contributed by atoms with Gasteiger partial charge in [-0.25, -0.2) is 4.99 Å². The molecule has 0 saturated carbocycles. The Balaban J connectivity index is 0.00000208. The average Bonchev–Trinajstić information content (AvgIpc) is 2.55. The van der Waals surface area contributed by atoms with Crippen molar-refractivity contribution >= 4 is 17.4 Å². The van der Waals surface area contributed by atoms with Crippen molar-refractivity contribution in [2.24, 2.45) is 4.99 Å². The third-order valence-corrected chi connectivity index (χ3v) is 3.68. The van der Waals surface area contributed by atoms with E-state index in [2.05, 4.69) is 19.1 Å². The summed E-state index contributed by atoms with van der Waals surface area (Å²) in [5.74, 6) is 0.514. The van der Waals surface area contributed by atoms with Crippen molar-refractivity contribution in [3.63, 3.8) is 0 Å². The molecule has 0 saturated heterocycles. The molecule has 0 radical (unpaired) electrons. The maximum atomic E-state index is 11.6. The van der Waals surface area contributed by atoms with Crippen LogP contribution in [0.25, 0.3) is 0 Å². The summed E-state index contributed by atoms with van der Waals surface area (Å²) >= 11 is 0. The Bertz CT molecular complexity index is 748. The number of nitrogens with zero attached hydrogens (tertiary/aromatic N) is 1. The largest absolute Gasteiger partial charge is 0.485 e. The van der Waals surface area contributed by atoms with Crippen LogP contribution in [0.3, 0.4) is 0 Å². The van der Waals surface area contributed by atoms with Gasteiger partial charge in [-0.2, -0.15) is 0 Å². The zero-order valence-corrected chi connectivity index (χ0v) is 13.3. The minimum atomic E-state index is -0.230. The first-order valence-electron chi connectivity index (χ1n) is 7.71. The predicted molar refractivity (Wildman–Crippen MR) is 96.4 cm³/mol. The van der Waals surface area contributed by atoms with Crippen LogP contribution in [-0.4, -0.2) is 24.9 Å². The third-order valence-electron chi connectivity index (χ3n) is 3.68. The van der Waals surface area contributed by atoms with Crippen LogP contribution < -0.4 is 4.74 Å². The average molecular weight is 325 g/mol. The van der Waals surface area contributed by atoms with Crippen LogP contribution in [-0.2, 0) is 16.0 Å². The predicted octanol–water partition coefficient (Wildman–Crippen LogP) is 4.25. The summed E-state index contributed by atoms with van der Waals surface area (Å²) in [6.45, 7) is 4.70. The van der Waals surface area contributed by atoms with Gasteiger partial charge in [0.2, 0.25) is 0 Å². The molecule has 1 heterocycles. The Kier molecular flexibility index (Phi) is 5.74. The van der Waals surface area contributed by atoms with Gasteiger partial charge < -0.3 is 9.47 Å². The fourth-order valence-electron chi connectivity index (χ4n) is 2.48. The molecular weight excluding hydrogens is 302 g/mol. The Labute approximate surface area is 143 Å². The van der Waals surface area contributed by atoms with Crippen LogP contribution in [0.1, 0.15) is 31.0 Å². The molecule has 1 aliphatic heterocycles. The molecule has 2 aromatic carbocycles. The molecule has 0 fully saturated rings. The second-order valence-electron chi connectivity index (χ2n) is 5.50. The van der Waals surface area contributed by atoms with E-state index in [1.54, 1.807) is 6.92 Å². The van der Waals surface area contributed by atoms with Gasteiger partial charge in [0.05, 0.1) is 18.7 Å². The van der Waals surface area contributed by atoms with Gasteiger partial charge >= 0.3 is 5.97 Å². The number of rotatable bonds is 4. The summed E-state index contributed by atoms with van der Waals surface area (Å²) in [6.07, 6.45) is 0.247. The van der Waals surface area contributed by atoms with E-state index in [-0.39, 0.29) is 19.8 Å². The van der Waals surface area contributed by atoms with Crippen molar-refractivity contribution in [2.45, 2.75) is 27.7 Å². The molecule has 0 unspecified atom stereocenters. The molecular formula is C20H23NO3. The normalized spacial score (nSPS) is 12.3. The smallest absolute Gasteiger partial charge is 0.310 e. The lowest BCUT2D eigenvalue weighted by molar-refractivity contribution is -0.142. The fraction of sp³-hybridized carbons (Fsp3) is 0.300. The quantitative estimate of drug-likeness (QED) is 0.790. The molecule has 3 rings (SSSR count). The van der Waals surface area contributed by atoms with E-state index < -0.39 is 0 Å². The lowest BCUT2D eigenvalue weighted by atomic mass is 10.1. The summed E-state index contributed by atoms with van der Waals surface area (Å²) in [7, 11) is 0. The third kappa shape index (κ3) is 4.02. The molecule has 0 amide bonds. The Morgan fingerprint density at radius 3 is 2.67 bits per heavy atom. The van der Waals surface area contributed by atoms with Crippen LogP contribution in [0.15, 0.2) is 47.5 Å². The first-order chi connectivity index (χ1) is 11.2. The van der Waals surface area contributed by atoms with Crippen LogP contribution in [0, 0.1) is 6.92 Å². The summed E-state index contributed by atoms with van der Waals surface area (Å²) in [5.41, 5.74) is 4.79. The minimum Gasteiger partial charge on any atom is -0.485 e. The topological polar surface area (TPSA) is 47.9 Å². The summed E-state index contributed by atoms with van der Waals surface area (Å²) in [6, 6.07) is 13.8. The molecule has 0 aliphatic carbocycles. The molecule has 0 N–H and O–H groups in total. The van der Waals surface area contributed by atoms with Crippen molar-refractivity contribution < 1.29 is 14.3 Å². The van der Waals surface area contributed by atoms with Gasteiger partial charge in [-0.05, 0) is 37.1 Å². The lowest BCUT2D eigenvalue weighted by Gasteiger charge is -2.18.